The van der Waals surface area contributed by atoms with Crippen molar-refractivity contribution in [3.8, 4) is 0 Å². The summed E-state index contributed by atoms with van der Waals surface area (Å²) in [5.41, 5.74) is 4.05. The SMILES string of the molecule is C=C(C)[C@H]1CC[C@H]2[C@@H]3[C@@H](O)[C@H](O)[C@H]4Cc5[nH]ncc5C[C@]4(C)[C@H]3CC[C@]12C. The molecule has 5 rings (SSSR count). The van der Waals surface area contributed by atoms with Crippen molar-refractivity contribution in [2.75, 3.05) is 0 Å². The van der Waals surface area contributed by atoms with Crippen LogP contribution in [0, 0.1) is 40.4 Å². The smallest absolute Gasteiger partial charge is 0.0839 e. The number of hydrogen-bond acceptors (Lipinski definition) is 3. The van der Waals surface area contributed by atoms with Crippen LogP contribution < -0.4 is 0 Å². The second kappa shape index (κ2) is 5.70. The zero-order chi connectivity index (χ0) is 19.1. The van der Waals surface area contributed by atoms with E-state index in [1.807, 2.05) is 6.20 Å². The molecular weight excluding hydrogens is 336 g/mol. The van der Waals surface area contributed by atoms with Crippen LogP contribution in [0.15, 0.2) is 18.3 Å². The number of aliphatic hydroxyl groups is 2. The normalized spacial score (nSPS) is 51.1. The minimum absolute atomic E-state index is 0.0445. The lowest BCUT2D eigenvalue weighted by molar-refractivity contribution is -0.205. The zero-order valence-corrected chi connectivity index (χ0v) is 16.9. The molecule has 0 aromatic carbocycles. The van der Waals surface area contributed by atoms with E-state index in [-0.39, 0.29) is 22.7 Å². The first-order valence-electron chi connectivity index (χ1n) is 10.8. The first-order chi connectivity index (χ1) is 12.8. The number of hydrogen-bond donors (Lipinski definition) is 3. The molecule has 27 heavy (non-hydrogen) atoms. The molecule has 4 aliphatic carbocycles. The van der Waals surface area contributed by atoms with Crippen LogP contribution in [0.3, 0.4) is 0 Å². The summed E-state index contributed by atoms with van der Waals surface area (Å²) in [5.74, 6) is 1.85. The molecule has 1 heterocycles. The van der Waals surface area contributed by atoms with E-state index in [4.69, 9.17) is 0 Å². The first kappa shape index (κ1) is 17.9. The van der Waals surface area contributed by atoms with Crippen LogP contribution in [0.4, 0.5) is 0 Å². The highest BCUT2D eigenvalue weighted by molar-refractivity contribution is 5.27. The van der Waals surface area contributed by atoms with Gasteiger partial charge in [-0.2, -0.15) is 5.10 Å². The number of fused-ring (bicyclic) bond motifs is 6. The number of nitrogens with one attached hydrogen (secondary N) is 1. The Morgan fingerprint density at radius 3 is 2.59 bits per heavy atom. The van der Waals surface area contributed by atoms with Crippen LogP contribution in [-0.4, -0.2) is 32.6 Å². The molecule has 0 bridgehead atoms. The lowest BCUT2D eigenvalue weighted by Crippen LogP contribution is -2.64. The minimum Gasteiger partial charge on any atom is -0.390 e. The Kier molecular flexibility index (Phi) is 3.78. The number of aliphatic hydroxyl groups excluding tert-OH is 2. The van der Waals surface area contributed by atoms with Crippen molar-refractivity contribution in [3.63, 3.8) is 0 Å². The Hall–Kier alpha value is -1.13. The highest BCUT2D eigenvalue weighted by atomic mass is 16.3. The fourth-order valence-electron chi connectivity index (χ4n) is 8.29. The Morgan fingerprint density at radius 1 is 1.11 bits per heavy atom. The molecule has 0 unspecified atom stereocenters. The monoisotopic (exact) mass is 370 g/mol. The van der Waals surface area contributed by atoms with Gasteiger partial charge in [-0.1, -0.05) is 26.0 Å². The third-order valence-corrected chi connectivity index (χ3v) is 9.58. The molecule has 0 spiro atoms. The van der Waals surface area contributed by atoms with Gasteiger partial charge in [-0.05, 0) is 91.4 Å². The molecule has 148 valence electrons. The van der Waals surface area contributed by atoms with Gasteiger partial charge >= 0.3 is 0 Å². The predicted octanol–water partition coefficient (Wildman–Crippen LogP) is 3.50. The quantitative estimate of drug-likeness (QED) is 0.663. The lowest BCUT2D eigenvalue weighted by atomic mass is 9.43. The molecule has 0 aliphatic heterocycles. The fourth-order valence-corrected chi connectivity index (χ4v) is 8.29. The zero-order valence-electron chi connectivity index (χ0n) is 16.9. The summed E-state index contributed by atoms with van der Waals surface area (Å²) in [4.78, 5) is 0. The lowest BCUT2D eigenvalue weighted by Gasteiger charge is -2.63. The summed E-state index contributed by atoms with van der Waals surface area (Å²) in [5, 5.41) is 29.9. The van der Waals surface area contributed by atoms with Gasteiger partial charge in [-0.25, -0.2) is 0 Å². The van der Waals surface area contributed by atoms with E-state index >= 15 is 0 Å². The number of nitrogens with zero attached hydrogens (tertiary/aromatic N) is 1. The van der Waals surface area contributed by atoms with E-state index in [1.165, 1.54) is 24.0 Å². The Morgan fingerprint density at radius 2 is 1.85 bits per heavy atom. The standard InChI is InChI=1S/C23H34N2O2/c1-12(2)14-5-6-15-19-16(7-8-22(14,15)3)23(4)10-13-11-24-25-18(13)9-17(23)20(26)21(19)27/h11,14-17,19-21,26-27H,1,5-10H2,2-4H3,(H,24,25)/t14-,15+,16+,17-,19+,20-,21-,22-,23-/m1/s1. The van der Waals surface area contributed by atoms with E-state index in [9.17, 15) is 10.2 Å². The number of H-pyrrole nitrogens is 1. The molecule has 0 saturated heterocycles. The Balaban J connectivity index is 1.55. The molecule has 0 radical (unpaired) electrons. The third-order valence-electron chi connectivity index (χ3n) is 9.58. The van der Waals surface area contributed by atoms with Gasteiger partial charge < -0.3 is 10.2 Å². The predicted molar refractivity (Wildman–Crippen MR) is 105 cm³/mol. The van der Waals surface area contributed by atoms with Crippen LogP contribution >= 0.6 is 0 Å². The molecule has 9 atom stereocenters. The maximum Gasteiger partial charge on any atom is 0.0839 e. The average Bonchev–Trinajstić information content (AvgIpc) is 3.20. The number of allylic oxidation sites excluding steroid dienone is 1. The second-order valence-corrected chi connectivity index (χ2v) is 10.7. The number of rotatable bonds is 1. The van der Waals surface area contributed by atoms with E-state index in [0.717, 1.165) is 31.4 Å². The Labute approximate surface area is 162 Å². The van der Waals surface area contributed by atoms with Crippen LogP contribution in [0.1, 0.15) is 57.7 Å². The molecular formula is C23H34N2O2. The minimum atomic E-state index is -0.640. The molecule has 1 aromatic heterocycles. The second-order valence-electron chi connectivity index (χ2n) is 10.7. The molecule has 4 nitrogen and oxygen atoms in total. The Bertz CT molecular complexity index is 772. The van der Waals surface area contributed by atoms with Gasteiger partial charge in [-0.15, -0.1) is 0 Å². The van der Waals surface area contributed by atoms with Crippen LogP contribution in [0.25, 0.3) is 0 Å². The maximum absolute atomic E-state index is 11.3. The molecule has 0 amide bonds. The molecule has 3 fully saturated rings. The first-order valence-corrected chi connectivity index (χ1v) is 10.8. The number of aromatic amines is 1. The van der Waals surface area contributed by atoms with Gasteiger partial charge in [-0.3, -0.25) is 5.10 Å². The van der Waals surface area contributed by atoms with Gasteiger partial charge in [0.1, 0.15) is 0 Å². The topological polar surface area (TPSA) is 69.1 Å². The van der Waals surface area contributed by atoms with Crippen molar-refractivity contribution >= 4 is 0 Å². The molecule has 3 saturated carbocycles. The van der Waals surface area contributed by atoms with Gasteiger partial charge in [0, 0.05) is 5.69 Å². The van der Waals surface area contributed by atoms with Crippen molar-refractivity contribution in [2.24, 2.45) is 40.4 Å². The van der Waals surface area contributed by atoms with Crippen molar-refractivity contribution in [1.29, 1.82) is 0 Å². The fraction of sp³-hybridized carbons (Fsp3) is 0.783. The summed E-state index contributed by atoms with van der Waals surface area (Å²) in [7, 11) is 0. The van der Waals surface area contributed by atoms with Crippen molar-refractivity contribution in [3.05, 3.63) is 29.6 Å². The molecule has 4 heteroatoms. The highest BCUT2D eigenvalue weighted by Crippen LogP contribution is 2.67. The van der Waals surface area contributed by atoms with Gasteiger partial charge in [0.05, 0.1) is 18.4 Å². The number of aromatic nitrogens is 2. The van der Waals surface area contributed by atoms with Crippen LogP contribution in [0.5, 0.6) is 0 Å². The van der Waals surface area contributed by atoms with Crippen molar-refractivity contribution in [1.82, 2.24) is 10.2 Å². The van der Waals surface area contributed by atoms with Crippen LogP contribution in [0.2, 0.25) is 0 Å². The maximum atomic E-state index is 11.3. The van der Waals surface area contributed by atoms with Crippen molar-refractivity contribution in [2.45, 2.75) is 71.5 Å². The summed E-state index contributed by atoms with van der Waals surface area (Å²) < 4.78 is 0. The van der Waals surface area contributed by atoms with Crippen molar-refractivity contribution < 1.29 is 10.2 Å². The largest absolute Gasteiger partial charge is 0.390 e. The third kappa shape index (κ3) is 2.20. The molecule has 1 aromatic rings. The van der Waals surface area contributed by atoms with E-state index < -0.39 is 12.2 Å². The van der Waals surface area contributed by atoms with Crippen LogP contribution in [-0.2, 0) is 12.8 Å². The van der Waals surface area contributed by atoms with Gasteiger partial charge in [0.25, 0.3) is 0 Å². The summed E-state index contributed by atoms with van der Waals surface area (Å²) in [6.45, 7) is 11.3. The highest BCUT2D eigenvalue weighted by Gasteiger charge is 2.64. The average molecular weight is 371 g/mol. The van der Waals surface area contributed by atoms with E-state index in [2.05, 4.69) is 37.5 Å². The van der Waals surface area contributed by atoms with E-state index in [1.54, 1.807) is 0 Å². The molecule has 4 aliphatic rings. The summed E-state index contributed by atoms with van der Waals surface area (Å²) in [6.07, 6.45) is 7.25. The summed E-state index contributed by atoms with van der Waals surface area (Å²) >= 11 is 0. The summed E-state index contributed by atoms with van der Waals surface area (Å²) in [6, 6.07) is 0. The van der Waals surface area contributed by atoms with Gasteiger partial charge in [0.15, 0.2) is 0 Å². The van der Waals surface area contributed by atoms with Gasteiger partial charge in [0.2, 0.25) is 0 Å². The van der Waals surface area contributed by atoms with E-state index in [0.29, 0.717) is 17.8 Å². The molecule has 3 N–H and O–H groups in total.